The molecule has 0 bridgehead atoms. The van der Waals surface area contributed by atoms with E-state index < -0.39 is 38.3 Å². The molecule has 0 aliphatic carbocycles. The zero-order valence-corrected chi connectivity index (χ0v) is 17.4. The fourth-order valence-corrected chi connectivity index (χ4v) is 4.87. The number of anilines is 1. The number of halogens is 3. The molecule has 1 aliphatic rings. The molecule has 0 radical (unpaired) electrons. The number of rotatable bonds is 4. The number of primary sulfonamides is 1. The highest BCUT2D eigenvalue weighted by atomic mass is 32.2. The normalized spacial score (nSPS) is 17.5. The van der Waals surface area contributed by atoms with Crippen molar-refractivity contribution in [3.8, 4) is 22.5 Å². The Kier molecular flexibility index (Phi) is 5.65. The van der Waals surface area contributed by atoms with Crippen LogP contribution in [0.15, 0.2) is 41.3 Å². The lowest BCUT2D eigenvalue weighted by atomic mass is 9.95. The van der Waals surface area contributed by atoms with Gasteiger partial charge in [-0.2, -0.15) is 18.4 Å². The fourth-order valence-electron chi connectivity index (χ4n) is 3.89. The average molecular weight is 468 g/mol. The van der Waals surface area contributed by atoms with Gasteiger partial charge in [-0.1, -0.05) is 18.2 Å². The van der Waals surface area contributed by atoms with Gasteiger partial charge in [0.05, 0.1) is 17.2 Å². The number of nitrogens with one attached hydrogen (secondary N) is 1. The molecule has 0 spiro atoms. The number of aromatic amines is 1. The van der Waals surface area contributed by atoms with Gasteiger partial charge in [-0.05, 0) is 47.4 Å². The number of alkyl halides is 3. The van der Waals surface area contributed by atoms with Crippen LogP contribution in [-0.2, 0) is 16.2 Å². The summed E-state index contributed by atoms with van der Waals surface area (Å²) in [7, 11) is -4.83. The van der Waals surface area contributed by atoms with Gasteiger partial charge in [0.1, 0.15) is 4.90 Å². The highest BCUT2D eigenvalue weighted by molar-refractivity contribution is 7.89. The summed E-state index contributed by atoms with van der Waals surface area (Å²) in [4.78, 5) is 0.832. The lowest BCUT2D eigenvalue weighted by molar-refractivity contribution is -0.139. The molecular formula is C19H19F3N6O3S. The van der Waals surface area contributed by atoms with Gasteiger partial charge in [0.25, 0.3) is 0 Å². The summed E-state index contributed by atoms with van der Waals surface area (Å²) in [5.41, 5.74) is -0.507. The number of aliphatic hydroxyl groups excluding tert-OH is 1. The van der Waals surface area contributed by atoms with E-state index in [0.29, 0.717) is 31.1 Å². The van der Waals surface area contributed by atoms with E-state index in [4.69, 9.17) is 5.14 Å². The van der Waals surface area contributed by atoms with Crippen LogP contribution in [0.1, 0.15) is 18.4 Å². The van der Waals surface area contributed by atoms with Gasteiger partial charge < -0.3 is 10.0 Å². The third-order valence-electron chi connectivity index (χ3n) is 5.24. The number of H-pyrrole nitrogens is 1. The Morgan fingerprint density at radius 2 is 2.00 bits per heavy atom. The van der Waals surface area contributed by atoms with Crippen molar-refractivity contribution in [2.24, 2.45) is 5.14 Å². The molecule has 1 fully saturated rings. The molecule has 32 heavy (non-hydrogen) atoms. The number of hydrogen-bond acceptors (Lipinski definition) is 7. The van der Waals surface area contributed by atoms with Crippen molar-refractivity contribution in [1.82, 2.24) is 20.6 Å². The number of β-amino-alcohol motifs (C(OH)–C–C–N with tert-alkyl or cyclic N) is 1. The second-order valence-corrected chi connectivity index (χ2v) is 8.93. The molecule has 9 nitrogen and oxygen atoms in total. The second kappa shape index (κ2) is 8.15. The number of tetrazole rings is 1. The predicted octanol–water partition coefficient (Wildman–Crippen LogP) is 2.16. The minimum absolute atomic E-state index is 0.142. The molecule has 1 aromatic heterocycles. The lowest BCUT2D eigenvalue weighted by Crippen LogP contribution is -2.38. The number of aliphatic hydroxyl groups is 1. The summed E-state index contributed by atoms with van der Waals surface area (Å²) in [6.45, 7) is 1.12. The van der Waals surface area contributed by atoms with E-state index in [1.165, 1.54) is 0 Å². The maximum absolute atomic E-state index is 13.7. The Morgan fingerprint density at radius 1 is 1.22 bits per heavy atom. The maximum atomic E-state index is 13.7. The van der Waals surface area contributed by atoms with Crippen LogP contribution in [0.5, 0.6) is 0 Å². The Labute approximate surface area is 181 Å². The van der Waals surface area contributed by atoms with Crippen molar-refractivity contribution in [3.63, 3.8) is 0 Å². The number of piperidine rings is 1. The standard InChI is InChI=1S/C19H19F3N6O3S/c20-19(21,22)15-7-6-14(16(17(15)32(23,30)31)18-24-26-27-25-18)11-3-1-4-12(9-11)28-8-2-5-13(29)10-28/h1,3-4,6-7,9,13,29H,2,5,8,10H2,(H2,23,30,31)(H,24,25,26,27). The molecule has 13 heteroatoms. The van der Waals surface area contributed by atoms with E-state index in [0.717, 1.165) is 18.2 Å². The first-order valence-corrected chi connectivity index (χ1v) is 11.1. The number of nitrogens with zero attached hydrogens (tertiary/aromatic N) is 4. The van der Waals surface area contributed by atoms with Gasteiger partial charge in [-0.25, -0.2) is 13.6 Å². The van der Waals surface area contributed by atoms with Gasteiger partial charge in [-0.15, -0.1) is 10.2 Å². The van der Waals surface area contributed by atoms with Crippen LogP contribution >= 0.6 is 0 Å². The average Bonchev–Trinajstić information content (AvgIpc) is 3.26. The number of aromatic nitrogens is 4. The number of nitrogens with two attached hydrogens (primary N) is 1. The highest BCUT2D eigenvalue weighted by Crippen LogP contribution is 2.43. The predicted molar refractivity (Wildman–Crippen MR) is 109 cm³/mol. The van der Waals surface area contributed by atoms with Crippen LogP contribution < -0.4 is 10.0 Å². The second-order valence-electron chi connectivity index (χ2n) is 7.44. The molecule has 1 aliphatic heterocycles. The van der Waals surface area contributed by atoms with Crippen molar-refractivity contribution < 1.29 is 26.7 Å². The van der Waals surface area contributed by atoms with E-state index in [1.54, 1.807) is 24.3 Å². The summed E-state index contributed by atoms with van der Waals surface area (Å²) in [6, 6.07) is 8.67. The topological polar surface area (TPSA) is 138 Å². The molecular weight excluding hydrogens is 449 g/mol. The Hall–Kier alpha value is -3.03. The van der Waals surface area contributed by atoms with Crippen molar-refractivity contribution in [1.29, 1.82) is 0 Å². The number of benzene rings is 2. The molecule has 170 valence electrons. The Bertz CT molecular complexity index is 1230. The van der Waals surface area contributed by atoms with E-state index in [2.05, 4.69) is 20.6 Å². The smallest absolute Gasteiger partial charge is 0.391 e. The molecule has 1 saturated heterocycles. The molecule has 2 heterocycles. The van der Waals surface area contributed by atoms with Crippen LogP contribution in [0.3, 0.4) is 0 Å². The fraction of sp³-hybridized carbons (Fsp3) is 0.316. The van der Waals surface area contributed by atoms with Crippen LogP contribution in [0.2, 0.25) is 0 Å². The zero-order valence-electron chi connectivity index (χ0n) is 16.5. The molecule has 4 rings (SSSR count). The molecule has 1 atom stereocenters. The summed E-state index contributed by atoms with van der Waals surface area (Å²) in [5, 5.41) is 28.1. The van der Waals surface area contributed by atoms with Crippen LogP contribution in [0.25, 0.3) is 22.5 Å². The van der Waals surface area contributed by atoms with E-state index in [9.17, 15) is 26.7 Å². The highest BCUT2D eigenvalue weighted by Gasteiger charge is 2.40. The first-order valence-electron chi connectivity index (χ1n) is 9.60. The van der Waals surface area contributed by atoms with Gasteiger partial charge in [0.2, 0.25) is 15.8 Å². The van der Waals surface area contributed by atoms with Crippen molar-refractivity contribution in [2.45, 2.75) is 30.0 Å². The van der Waals surface area contributed by atoms with Crippen LogP contribution in [-0.4, -0.2) is 53.3 Å². The van der Waals surface area contributed by atoms with Gasteiger partial charge >= 0.3 is 6.18 Å². The SMILES string of the molecule is NS(=O)(=O)c1c(C(F)(F)F)ccc(-c2cccc(N3CCCC(O)C3)c2)c1-c1nn[nH]n1. The molecule has 0 amide bonds. The minimum atomic E-state index is -4.98. The zero-order chi connectivity index (χ0) is 23.1. The lowest BCUT2D eigenvalue weighted by Gasteiger charge is -2.32. The van der Waals surface area contributed by atoms with Gasteiger partial charge in [-0.3, -0.25) is 0 Å². The van der Waals surface area contributed by atoms with Gasteiger partial charge in [0, 0.05) is 18.8 Å². The third-order valence-corrected chi connectivity index (χ3v) is 6.23. The van der Waals surface area contributed by atoms with E-state index in [-0.39, 0.29) is 11.4 Å². The third kappa shape index (κ3) is 4.31. The van der Waals surface area contributed by atoms with Gasteiger partial charge in [0.15, 0.2) is 0 Å². The first-order chi connectivity index (χ1) is 15.1. The van der Waals surface area contributed by atoms with E-state index in [1.807, 2.05) is 4.90 Å². The molecule has 4 N–H and O–H groups in total. The maximum Gasteiger partial charge on any atom is 0.417 e. The monoisotopic (exact) mass is 468 g/mol. The van der Waals surface area contributed by atoms with E-state index >= 15 is 0 Å². The van der Waals surface area contributed by atoms with Crippen LogP contribution in [0, 0.1) is 0 Å². The van der Waals surface area contributed by atoms with Crippen molar-refractivity contribution in [2.75, 3.05) is 18.0 Å². The molecule has 2 aromatic carbocycles. The molecule has 0 saturated carbocycles. The summed E-state index contributed by atoms with van der Waals surface area (Å²) in [6.07, 6.45) is -3.99. The van der Waals surface area contributed by atoms with Crippen LogP contribution in [0.4, 0.5) is 18.9 Å². The quantitative estimate of drug-likeness (QED) is 0.533. The number of hydrogen-bond donors (Lipinski definition) is 3. The summed E-state index contributed by atoms with van der Waals surface area (Å²) in [5.74, 6) is -0.339. The first kappa shape index (κ1) is 22.2. The largest absolute Gasteiger partial charge is 0.417 e. The summed E-state index contributed by atoms with van der Waals surface area (Å²) < 4.78 is 65.6. The summed E-state index contributed by atoms with van der Waals surface area (Å²) >= 11 is 0. The number of sulfonamides is 1. The molecule has 3 aromatic rings. The minimum Gasteiger partial charge on any atom is -0.391 e. The van der Waals surface area contributed by atoms with Crippen molar-refractivity contribution >= 4 is 15.7 Å². The Morgan fingerprint density at radius 3 is 2.62 bits per heavy atom. The Balaban J connectivity index is 1.95. The molecule has 1 unspecified atom stereocenters. The van der Waals surface area contributed by atoms with Crippen molar-refractivity contribution in [3.05, 3.63) is 42.0 Å².